The Balaban J connectivity index is 2.05. The molecule has 0 spiro atoms. The predicted octanol–water partition coefficient (Wildman–Crippen LogP) is 3.89. The Morgan fingerprint density at radius 1 is 1.17 bits per heavy atom. The predicted molar refractivity (Wildman–Crippen MR) is 82.5 cm³/mol. The molecule has 0 unspecified atom stereocenters. The molecule has 0 aromatic heterocycles. The summed E-state index contributed by atoms with van der Waals surface area (Å²) in [5.41, 5.74) is 8.21. The molecule has 0 bridgehead atoms. The fourth-order valence-corrected chi connectivity index (χ4v) is 2.69. The summed E-state index contributed by atoms with van der Waals surface area (Å²) in [5.74, 6) is 0.882. The van der Waals surface area contributed by atoms with E-state index in [1.54, 1.807) is 0 Å². The number of benzene rings is 2. The van der Waals surface area contributed by atoms with Crippen LogP contribution in [-0.4, -0.2) is 0 Å². The van der Waals surface area contributed by atoms with E-state index in [9.17, 15) is 0 Å². The van der Waals surface area contributed by atoms with E-state index in [2.05, 4.69) is 34.7 Å². The molecule has 0 saturated carbocycles. The molecule has 2 rings (SSSR count). The van der Waals surface area contributed by atoms with Crippen LogP contribution in [0, 0.1) is 3.57 Å². The molecule has 94 valence electrons. The van der Waals surface area contributed by atoms with Crippen molar-refractivity contribution in [2.45, 2.75) is 19.6 Å². The van der Waals surface area contributed by atoms with Gasteiger partial charge in [0.15, 0.2) is 0 Å². The minimum atomic E-state index is 0.0556. The quantitative estimate of drug-likeness (QED) is 0.847. The minimum absolute atomic E-state index is 0.0556. The first-order valence-corrected chi connectivity index (χ1v) is 6.96. The van der Waals surface area contributed by atoms with Crippen molar-refractivity contribution in [3.8, 4) is 5.75 Å². The molecular formula is C15H16INO. The van der Waals surface area contributed by atoms with Gasteiger partial charge in [0.1, 0.15) is 12.4 Å². The van der Waals surface area contributed by atoms with Gasteiger partial charge in [-0.1, -0.05) is 36.4 Å². The molecule has 0 amide bonds. The molecule has 1 atom stereocenters. The molecule has 18 heavy (non-hydrogen) atoms. The van der Waals surface area contributed by atoms with Crippen LogP contribution < -0.4 is 10.5 Å². The number of hydrogen-bond acceptors (Lipinski definition) is 2. The second-order valence-corrected chi connectivity index (χ2v) is 5.41. The molecule has 2 aromatic rings. The number of rotatable bonds is 4. The molecule has 2 N–H and O–H groups in total. The summed E-state index contributed by atoms with van der Waals surface area (Å²) in [6.45, 7) is 2.58. The normalized spacial score (nSPS) is 12.2. The zero-order valence-electron chi connectivity index (χ0n) is 10.3. The molecular weight excluding hydrogens is 337 g/mol. The molecule has 0 saturated heterocycles. The topological polar surface area (TPSA) is 35.2 Å². The van der Waals surface area contributed by atoms with E-state index >= 15 is 0 Å². The summed E-state index contributed by atoms with van der Waals surface area (Å²) in [4.78, 5) is 0. The van der Waals surface area contributed by atoms with Gasteiger partial charge in [0.05, 0.1) is 0 Å². The number of nitrogens with two attached hydrogens (primary N) is 1. The van der Waals surface area contributed by atoms with E-state index < -0.39 is 0 Å². The molecule has 2 aromatic carbocycles. The largest absolute Gasteiger partial charge is 0.489 e. The zero-order chi connectivity index (χ0) is 13.0. The minimum Gasteiger partial charge on any atom is -0.489 e. The summed E-state index contributed by atoms with van der Waals surface area (Å²) >= 11 is 2.30. The van der Waals surface area contributed by atoms with Crippen LogP contribution >= 0.6 is 22.6 Å². The first-order chi connectivity index (χ1) is 8.66. The zero-order valence-corrected chi connectivity index (χ0v) is 12.4. The highest BCUT2D eigenvalue weighted by molar-refractivity contribution is 14.1. The number of hydrogen-bond donors (Lipinski definition) is 1. The van der Waals surface area contributed by atoms with Crippen LogP contribution in [0.5, 0.6) is 5.75 Å². The second kappa shape index (κ2) is 6.20. The molecule has 0 fully saturated rings. The smallest absolute Gasteiger partial charge is 0.120 e. The van der Waals surface area contributed by atoms with Gasteiger partial charge in [-0.2, -0.15) is 0 Å². The SMILES string of the molecule is C[C@@H](N)c1ccc(OCc2ccccc2)cc1I. The lowest BCUT2D eigenvalue weighted by molar-refractivity contribution is 0.306. The molecule has 0 heterocycles. The Labute approximate surface area is 121 Å². The van der Waals surface area contributed by atoms with Crippen LogP contribution in [0.4, 0.5) is 0 Å². The molecule has 3 heteroatoms. The Hall–Kier alpha value is -1.07. The highest BCUT2D eigenvalue weighted by Gasteiger charge is 2.06. The average Bonchev–Trinajstić information content (AvgIpc) is 2.37. The van der Waals surface area contributed by atoms with Gasteiger partial charge in [-0.25, -0.2) is 0 Å². The van der Waals surface area contributed by atoms with E-state index in [4.69, 9.17) is 10.5 Å². The summed E-state index contributed by atoms with van der Waals surface area (Å²) in [6.07, 6.45) is 0. The van der Waals surface area contributed by atoms with Crippen molar-refractivity contribution < 1.29 is 4.74 Å². The maximum Gasteiger partial charge on any atom is 0.120 e. The highest BCUT2D eigenvalue weighted by Crippen LogP contribution is 2.24. The standard InChI is InChI=1S/C15H16INO/c1-11(17)14-8-7-13(9-15(14)16)18-10-12-5-3-2-4-6-12/h2-9,11H,10,17H2,1H3/t11-/m1/s1. The van der Waals surface area contributed by atoms with Gasteiger partial charge in [-0.3, -0.25) is 0 Å². The molecule has 0 radical (unpaired) electrons. The van der Waals surface area contributed by atoms with Crippen LogP contribution in [0.2, 0.25) is 0 Å². The van der Waals surface area contributed by atoms with Crippen LogP contribution in [0.1, 0.15) is 24.1 Å². The summed E-state index contributed by atoms with van der Waals surface area (Å²) in [5, 5.41) is 0. The van der Waals surface area contributed by atoms with Gasteiger partial charge >= 0.3 is 0 Å². The monoisotopic (exact) mass is 353 g/mol. The fourth-order valence-electron chi connectivity index (χ4n) is 1.71. The van der Waals surface area contributed by atoms with Crippen molar-refractivity contribution >= 4 is 22.6 Å². The van der Waals surface area contributed by atoms with Crippen molar-refractivity contribution in [2.75, 3.05) is 0 Å². The lowest BCUT2D eigenvalue weighted by atomic mass is 10.1. The molecule has 0 aliphatic carbocycles. The van der Waals surface area contributed by atoms with E-state index in [0.29, 0.717) is 6.61 Å². The van der Waals surface area contributed by atoms with Crippen molar-refractivity contribution in [1.82, 2.24) is 0 Å². The van der Waals surface area contributed by atoms with Gasteiger partial charge in [0.2, 0.25) is 0 Å². The maximum atomic E-state index is 5.88. The highest BCUT2D eigenvalue weighted by atomic mass is 127. The maximum absolute atomic E-state index is 5.88. The first-order valence-electron chi connectivity index (χ1n) is 5.88. The van der Waals surface area contributed by atoms with Crippen molar-refractivity contribution in [3.63, 3.8) is 0 Å². The van der Waals surface area contributed by atoms with E-state index in [1.165, 1.54) is 5.56 Å². The molecule has 2 nitrogen and oxygen atoms in total. The van der Waals surface area contributed by atoms with E-state index in [-0.39, 0.29) is 6.04 Å². The van der Waals surface area contributed by atoms with E-state index in [0.717, 1.165) is 14.9 Å². The fraction of sp³-hybridized carbons (Fsp3) is 0.200. The van der Waals surface area contributed by atoms with Crippen molar-refractivity contribution in [2.24, 2.45) is 5.73 Å². The van der Waals surface area contributed by atoms with Gasteiger partial charge in [-0.15, -0.1) is 0 Å². The first kappa shape index (κ1) is 13.4. The lowest BCUT2D eigenvalue weighted by Crippen LogP contribution is -2.07. The van der Waals surface area contributed by atoms with Gasteiger partial charge in [-0.05, 0) is 52.8 Å². The third kappa shape index (κ3) is 3.46. The molecule has 0 aliphatic heterocycles. The Kier molecular flexibility index (Phi) is 4.60. The van der Waals surface area contributed by atoms with Crippen LogP contribution in [0.15, 0.2) is 48.5 Å². The number of halogens is 1. The lowest BCUT2D eigenvalue weighted by Gasteiger charge is -2.11. The summed E-state index contributed by atoms with van der Waals surface area (Å²) in [6, 6.07) is 16.2. The molecule has 0 aliphatic rings. The van der Waals surface area contributed by atoms with Crippen molar-refractivity contribution in [1.29, 1.82) is 0 Å². The van der Waals surface area contributed by atoms with Gasteiger partial charge < -0.3 is 10.5 Å². The Morgan fingerprint density at radius 3 is 2.50 bits per heavy atom. The van der Waals surface area contributed by atoms with Gasteiger partial charge in [0, 0.05) is 9.61 Å². The van der Waals surface area contributed by atoms with Crippen LogP contribution in [0.3, 0.4) is 0 Å². The summed E-state index contributed by atoms with van der Waals surface area (Å²) < 4.78 is 6.91. The Morgan fingerprint density at radius 2 is 1.89 bits per heavy atom. The van der Waals surface area contributed by atoms with Crippen molar-refractivity contribution in [3.05, 3.63) is 63.2 Å². The third-order valence-electron chi connectivity index (χ3n) is 2.71. The third-order valence-corrected chi connectivity index (χ3v) is 3.65. The second-order valence-electron chi connectivity index (χ2n) is 4.25. The van der Waals surface area contributed by atoms with E-state index in [1.807, 2.05) is 43.3 Å². The summed E-state index contributed by atoms with van der Waals surface area (Å²) in [7, 11) is 0. The van der Waals surface area contributed by atoms with Gasteiger partial charge in [0.25, 0.3) is 0 Å². The van der Waals surface area contributed by atoms with Crippen LogP contribution in [0.25, 0.3) is 0 Å². The van der Waals surface area contributed by atoms with Crippen LogP contribution in [-0.2, 0) is 6.61 Å². The Bertz CT molecular complexity index is 511. The average molecular weight is 353 g/mol. The number of ether oxygens (including phenoxy) is 1.